The van der Waals surface area contributed by atoms with E-state index in [4.69, 9.17) is 0 Å². The number of carbonyl (C=O) groups is 1. The predicted molar refractivity (Wildman–Crippen MR) is 118 cm³/mol. The first-order valence-electron chi connectivity index (χ1n) is 9.74. The summed E-state index contributed by atoms with van der Waals surface area (Å²) in [7, 11) is 0. The fraction of sp³-hybridized carbons (Fsp3) is 0.238. The van der Waals surface area contributed by atoms with Gasteiger partial charge in [0, 0.05) is 18.9 Å². The van der Waals surface area contributed by atoms with Crippen molar-refractivity contribution in [1.29, 1.82) is 0 Å². The molecule has 0 spiro atoms. The molecule has 0 saturated heterocycles. The van der Waals surface area contributed by atoms with Crippen molar-refractivity contribution >= 4 is 28.7 Å². The zero-order chi connectivity index (χ0) is 21.6. The minimum Gasteiger partial charge on any atom is -0.354 e. The Morgan fingerprint density at radius 1 is 1.13 bits per heavy atom. The molecule has 0 bridgehead atoms. The number of carbonyl (C=O) groups excluding carboxylic acids is 1. The SMILES string of the molecule is Cc1ccccc1Cn1cnc2c(cnn2CCNC(=O)CSc2ncccn2)c1=O. The number of aryl methyl sites for hydroxylation is 1. The lowest BCUT2D eigenvalue weighted by Crippen LogP contribution is -2.29. The van der Waals surface area contributed by atoms with Crippen LogP contribution in [-0.4, -0.2) is 47.5 Å². The van der Waals surface area contributed by atoms with Gasteiger partial charge in [0.15, 0.2) is 10.8 Å². The molecular weight excluding hydrogens is 414 g/mol. The highest BCUT2D eigenvalue weighted by molar-refractivity contribution is 7.99. The van der Waals surface area contributed by atoms with Crippen LogP contribution in [-0.2, 0) is 17.9 Å². The predicted octanol–water partition coefficient (Wildman–Crippen LogP) is 1.65. The molecule has 0 aliphatic heterocycles. The van der Waals surface area contributed by atoms with Crippen LogP contribution in [0.1, 0.15) is 11.1 Å². The molecule has 4 rings (SSSR count). The smallest absolute Gasteiger partial charge is 0.264 e. The van der Waals surface area contributed by atoms with Crippen LogP contribution < -0.4 is 10.9 Å². The summed E-state index contributed by atoms with van der Waals surface area (Å²) in [5, 5.41) is 8.13. The average Bonchev–Trinajstić information content (AvgIpc) is 3.20. The van der Waals surface area contributed by atoms with Crippen LogP contribution in [0.3, 0.4) is 0 Å². The first-order chi connectivity index (χ1) is 15.1. The molecule has 0 unspecified atom stereocenters. The molecule has 0 saturated carbocycles. The van der Waals surface area contributed by atoms with Gasteiger partial charge in [-0.05, 0) is 24.1 Å². The number of nitrogens with one attached hydrogen (secondary N) is 1. The summed E-state index contributed by atoms with van der Waals surface area (Å²) in [6.45, 7) is 3.26. The van der Waals surface area contributed by atoms with Crippen molar-refractivity contribution in [2.24, 2.45) is 0 Å². The number of hydrogen-bond acceptors (Lipinski definition) is 7. The maximum absolute atomic E-state index is 12.8. The molecule has 1 N–H and O–H groups in total. The van der Waals surface area contributed by atoms with Crippen LogP contribution in [0.25, 0.3) is 11.0 Å². The van der Waals surface area contributed by atoms with E-state index in [0.29, 0.717) is 35.8 Å². The molecule has 158 valence electrons. The van der Waals surface area contributed by atoms with E-state index in [1.807, 2.05) is 31.2 Å². The molecule has 3 heterocycles. The highest BCUT2D eigenvalue weighted by atomic mass is 32.2. The van der Waals surface area contributed by atoms with Gasteiger partial charge in [0.2, 0.25) is 5.91 Å². The molecule has 0 aliphatic rings. The third-order valence-corrected chi connectivity index (χ3v) is 5.62. The lowest BCUT2D eigenvalue weighted by atomic mass is 10.1. The Bertz CT molecular complexity index is 1250. The van der Waals surface area contributed by atoms with Crippen molar-refractivity contribution < 1.29 is 4.79 Å². The molecule has 1 aromatic carbocycles. The van der Waals surface area contributed by atoms with Gasteiger partial charge < -0.3 is 5.32 Å². The number of hydrogen-bond donors (Lipinski definition) is 1. The van der Waals surface area contributed by atoms with Gasteiger partial charge in [0.05, 0.1) is 25.0 Å². The Morgan fingerprint density at radius 3 is 2.74 bits per heavy atom. The maximum Gasteiger partial charge on any atom is 0.264 e. The Kier molecular flexibility index (Phi) is 6.37. The zero-order valence-corrected chi connectivity index (χ0v) is 17.7. The van der Waals surface area contributed by atoms with Gasteiger partial charge in [-0.25, -0.2) is 19.6 Å². The molecule has 10 heteroatoms. The molecule has 31 heavy (non-hydrogen) atoms. The summed E-state index contributed by atoms with van der Waals surface area (Å²) < 4.78 is 3.21. The van der Waals surface area contributed by atoms with Crippen LogP contribution in [0.2, 0.25) is 0 Å². The van der Waals surface area contributed by atoms with Gasteiger partial charge in [-0.2, -0.15) is 5.10 Å². The van der Waals surface area contributed by atoms with Gasteiger partial charge in [-0.3, -0.25) is 14.2 Å². The molecule has 3 aromatic heterocycles. The lowest BCUT2D eigenvalue weighted by molar-refractivity contribution is -0.118. The van der Waals surface area contributed by atoms with Gasteiger partial charge in [-0.1, -0.05) is 36.0 Å². The standard InChI is InChI=1S/C21H21N7O2S/c1-15-5-2-3-6-16(15)12-27-14-25-19-17(20(27)30)11-26-28(19)10-9-22-18(29)13-31-21-23-7-4-8-24-21/h2-8,11,14H,9-10,12-13H2,1H3,(H,22,29). The van der Waals surface area contributed by atoms with E-state index in [-0.39, 0.29) is 17.2 Å². The number of benzene rings is 1. The first-order valence-corrected chi connectivity index (χ1v) is 10.7. The minimum atomic E-state index is -0.136. The Morgan fingerprint density at radius 2 is 1.94 bits per heavy atom. The summed E-state index contributed by atoms with van der Waals surface area (Å²) in [6, 6.07) is 9.67. The summed E-state index contributed by atoms with van der Waals surface area (Å²) in [5.74, 6) is 0.105. The number of aromatic nitrogens is 6. The summed E-state index contributed by atoms with van der Waals surface area (Å²) in [4.78, 5) is 37.4. The number of rotatable bonds is 8. The molecule has 4 aromatic rings. The monoisotopic (exact) mass is 435 g/mol. The normalized spacial score (nSPS) is 11.0. The summed E-state index contributed by atoms with van der Waals surface area (Å²) >= 11 is 1.27. The van der Waals surface area contributed by atoms with Gasteiger partial charge >= 0.3 is 0 Å². The minimum absolute atomic E-state index is 0.123. The highest BCUT2D eigenvalue weighted by Gasteiger charge is 2.11. The fourth-order valence-electron chi connectivity index (χ4n) is 3.09. The second-order valence-corrected chi connectivity index (χ2v) is 7.82. The molecule has 9 nitrogen and oxygen atoms in total. The highest BCUT2D eigenvalue weighted by Crippen LogP contribution is 2.11. The van der Waals surface area contributed by atoms with Crippen molar-refractivity contribution in [3.8, 4) is 0 Å². The summed E-state index contributed by atoms with van der Waals surface area (Å²) in [6.07, 6.45) is 6.35. The average molecular weight is 436 g/mol. The number of nitrogens with zero attached hydrogens (tertiary/aromatic N) is 6. The van der Waals surface area contributed by atoms with E-state index in [9.17, 15) is 9.59 Å². The Labute approximate surface area is 182 Å². The van der Waals surface area contributed by atoms with Crippen molar-refractivity contribution in [2.45, 2.75) is 25.2 Å². The maximum atomic E-state index is 12.8. The third kappa shape index (κ3) is 4.97. The molecule has 0 fully saturated rings. The van der Waals surface area contributed by atoms with Gasteiger partial charge in [-0.15, -0.1) is 0 Å². The quantitative estimate of drug-likeness (QED) is 0.331. The van der Waals surface area contributed by atoms with E-state index in [1.165, 1.54) is 18.0 Å². The van der Waals surface area contributed by atoms with Crippen LogP contribution in [0.15, 0.2) is 65.2 Å². The molecular formula is C21H21N7O2S. The topological polar surface area (TPSA) is 108 Å². The Balaban J connectivity index is 1.37. The molecule has 0 radical (unpaired) electrons. The number of thioether (sulfide) groups is 1. The van der Waals surface area contributed by atoms with E-state index >= 15 is 0 Å². The van der Waals surface area contributed by atoms with Gasteiger partial charge in [0.25, 0.3) is 5.56 Å². The lowest BCUT2D eigenvalue weighted by Gasteiger charge is -2.09. The van der Waals surface area contributed by atoms with Crippen LogP contribution in [0, 0.1) is 6.92 Å². The van der Waals surface area contributed by atoms with Crippen molar-refractivity contribution in [3.05, 3.63) is 76.7 Å². The van der Waals surface area contributed by atoms with Crippen molar-refractivity contribution in [1.82, 2.24) is 34.6 Å². The largest absolute Gasteiger partial charge is 0.354 e. The van der Waals surface area contributed by atoms with Crippen LogP contribution in [0.4, 0.5) is 0 Å². The fourth-order valence-corrected chi connectivity index (χ4v) is 3.72. The summed E-state index contributed by atoms with van der Waals surface area (Å²) in [5.41, 5.74) is 2.56. The molecule has 0 atom stereocenters. The van der Waals surface area contributed by atoms with E-state index < -0.39 is 0 Å². The van der Waals surface area contributed by atoms with Crippen LogP contribution >= 0.6 is 11.8 Å². The second-order valence-electron chi connectivity index (χ2n) is 6.88. The second kappa shape index (κ2) is 9.52. The van der Waals surface area contributed by atoms with E-state index in [1.54, 1.807) is 34.0 Å². The Hall–Kier alpha value is -3.53. The van der Waals surface area contributed by atoms with Gasteiger partial charge in [0.1, 0.15) is 11.7 Å². The van der Waals surface area contributed by atoms with E-state index in [2.05, 4.69) is 25.4 Å². The molecule has 0 aliphatic carbocycles. The first kappa shape index (κ1) is 20.7. The van der Waals surface area contributed by atoms with E-state index in [0.717, 1.165) is 11.1 Å². The van der Waals surface area contributed by atoms with Crippen molar-refractivity contribution in [3.63, 3.8) is 0 Å². The molecule has 1 amide bonds. The van der Waals surface area contributed by atoms with Crippen molar-refractivity contribution in [2.75, 3.05) is 12.3 Å². The third-order valence-electron chi connectivity index (χ3n) is 4.74. The van der Waals surface area contributed by atoms with Crippen LogP contribution in [0.5, 0.6) is 0 Å². The number of amides is 1. The zero-order valence-electron chi connectivity index (χ0n) is 16.9. The number of fused-ring (bicyclic) bond motifs is 1.